The zero-order chi connectivity index (χ0) is 29.7. The Bertz CT molecular complexity index is 1050. The minimum absolute atomic E-state index is 0.0151. The van der Waals surface area contributed by atoms with Gasteiger partial charge in [-0.2, -0.15) is 0 Å². The van der Waals surface area contributed by atoms with E-state index in [2.05, 4.69) is 5.32 Å². The van der Waals surface area contributed by atoms with Gasteiger partial charge >= 0.3 is 0 Å². The number of amides is 1. The molecule has 0 fully saturated rings. The van der Waals surface area contributed by atoms with E-state index in [1.165, 1.54) is 0 Å². The minimum atomic E-state index is -2.38. The number of phenols is 1. The molecule has 7 N–H and O–H groups in total. The van der Waals surface area contributed by atoms with Crippen molar-refractivity contribution in [1.82, 2.24) is 10.2 Å². The molecule has 0 heterocycles. The molecule has 1 aromatic carbocycles. The van der Waals surface area contributed by atoms with Gasteiger partial charge in [0, 0.05) is 56.3 Å². The van der Waals surface area contributed by atoms with Crippen LogP contribution in [0.2, 0.25) is 0 Å². The van der Waals surface area contributed by atoms with Gasteiger partial charge in [-0.15, -0.1) is 0 Å². The van der Waals surface area contributed by atoms with Crippen molar-refractivity contribution >= 4 is 23.2 Å². The maximum absolute atomic E-state index is 13.4. The molecule has 5 atom stereocenters. The second-order valence-electron chi connectivity index (χ2n) is 11.0. The summed E-state index contributed by atoms with van der Waals surface area (Å²) in [5, 5.41) is 45.7. The van der Waals surface area contributed by atoms with Crippen LogP contribution in [0.1, 0.15) is 47.7 Å². The standard InChI is InChI=1S/C27H43FN4O7/c1-15(11-28)30-12-17-9-20(31(2)3)18-6-16(8-22(35)25(18)26(17)38)7-19(21(13-33)32(4)5)27(39,14-34)23(36)10-24(29)37/h9,15-16,19,21,30,33-34,38-39H,6-8,10-14H2,1-5H3,(H2,29,37)/t15?,16?,19-,21?,27+/m0/s1. The van der Waals surface area contributed by atoms with Crippen LogP contribution in [0.4, 0.5) is 10.1 Å². The van der Waals surface area contributed by atoms with Crippen molar-refractivity contribution in [3.8, 4) is 5.75 Å². The number of hydrogen-bond donors (Lipinski definition) is 6. The number of primary amides is 1. The highest BCUT2D eigenvalue weighted by Crippen LogP contribution is 2.43. The molecule has 39 heavy (non-hydrogen) atoms. The summed E-state index contributed by atoms with van der Waals surface area (Å²) in [7, 11) is 6.89. The molecule has 0 bridgehead atoms. The predicted molar refractivity (Wildman–Crippen MR) is 144 cm³/mol. The molecule has 0 aromatic heterocycles. The smallest absolute Gasteiger partial charge is 0.224 e. The zero-order valence-electron chi connectivity index (χ0n) is 23.4. The number of Topliss-reactive ketones (excluding diaryl/α,β-unsaturated/α-hetero) is 2. The number of phenolic OH excluding ortho intramolecular Hbond substituents is 1. The molecule has 12 heteroatoms. The first kappa shape index (κ1) is 32.6. The molecule has 220 valence electrons. The maximum atomic E-state index is 13.4. The molecule has 0 aliphatic heterocycles. The normalized spacial score (nSPS) is 19.2. The van der Waals surface area contributed by atoms with Gasteiger partial charge in [0.25, 0.3) is 0 Å². The van der Waals surface area contributed by atoms with Crippen LogP contribution < -0.4 is 16.0 Å². The Morgan fingerprint density at radius 1 is 1.23 bits per heavy atom. The molecular formula is C27H43FN4O7. The summed E-state index contributed by atoms with van der Waals surface area (Å²) in [5.41, 5.74) is 4.73. The van der Waals surface area contributed by atoms with E-state index in [4.69, 9.17) is 5.73 Å². The minimum Gasteiger partial charge on any atom is -0.507 e. The first-order valence-corrected chi connectivity index (χ1v) is 13.0. The number of carbonyl (C=O) groups is 3. The molecule has 0 radical (unpaired) electrons. The summed E-state index contributed by atoms with van der Waals surface area (Å²) < 4.78 is 13.0. The van der Waals surface area contributed by atoms with E-state index in [-0.39, 0.29) is 36.5 Å². The van der Waals surface area contributed by atoms with Gasteiger partial charge in [-0.1, -0.05) is 0 Å². The number of benzene rings is 1. The Kier molecular flexibility index (Phi) is 11.4. The Balaban J connectivity index is 2.53. The molecule has 1 aromatic rings. The highest BCUT2D eigenvalue weighted by molar-refractivity contribution is 6.03. The summed E-state index contributed by atoms with van der Waals surface area (Å²) in [5.74, 6) is -3.89. The Hall–Kier alpha value is -2.64. The Labute approximate surface area is 228 Å². The van der Waals surface area contributed by atoms with Gasteiger partial charge in [-0.05, 0) is 51.4 Å². The number of nitrogens with zero attached hydrogens (tertiary/aromatic N) is 2. The highest BCUT2D eigenvalue weighted by Gasteiger charge is 2.49. The van der Waals surface area contributed by atoms with E-state index in [0.29, 0.717) is 23.2 Å². The number of alkyl halides is 1. The number of rotatable bonds is 15. The van der Waals surface area contributed by atoms with Gasteiger partial charge < -0.3 is 41.3 Å². The van der Waals surface area contributed by atoms with Gasteiger partial charge in [0.1, 0.15) is 12.4 Å². The number of fused-ring (bicyclic) bond motifs is 1. The molecule has 0 saturated heterocycles. The molecule has 2 rings (SSSR count). The number of ketones is 2. The number of carbonyl (C=O) groups excluding carboxylic acids is 3. The summed E-state index contributed by atoms with van der Waals surface area (Å²) in [4.78, 5) is 41.2. The fourth-order valence-corrected chi connectivity index (χ4v) is 5.43. The molecule has 1 aliphatic rings. The highest BCUT2D eigenvalue weighted by atomic mass is 19.1. The lowest BCUT2D eigenvalue weighted by atomic mass is 9.69. The van der Waals surface area contributed by atoms with E-state index >= 15 is 0 Å². The largest absolute Gasteiger partial charge is 0.507 e. The van der Waals surface area contributed by atoms with Crippen molar-refractivity contribution in [2.45, 2.75) is 56.8 Å². The van der Waals surface area contributed by atoms with Crippen LogP contribution in [0.25, 0.3) is 0 Å². The van der Waals surface area contributed by atoms with Gasteiger partial charge in [-0.25, -0.2) is 4.39 Å². The molecule has 1 aliphatic carbocycles. The Morgan fingerprint density at radius 2 is 1.87 bits per heavy atom. The number of anilines is 1. The number of likely N-dealkylation sites (N-methyl/N-ethyl adjacent to an activating group) is 1. The first-order valence-electron chi connectivity index (χ1n) is 13.0. The Morgan fingerprint density at radius 3 is 2.36 bits per heavy atom. The van der Waals surface area contributed by atoms with Crippen molar-refractivity contribution in [1.29, 1.82) is 0 Å². The number of nitrogens with two attached hydrogens (primary N) is 1. The van der Waals surface area contributed by atoms with Crippen LogP contribution in [0.5, 0.6) is 5.75 Å². The molecule has 0 saturated carbocycles. The number of aromatic hydroxyl groups is 1. The summed E-state index contributed by atoms with van der Waals surface area (Å²) in [6.07, 6.45) is -0.438. The summed E-state index contributed by atoms with van der Waals surface area (Å²) in [6, 6.07) is 0.526. The van der Waals surface area contributed by atoms with Gasteiger partial charge in [-0.3, -0.25) is 14.4 Å². The average molecular weight is 555 g/mol. The van der Waals surface area contributed by atoms with E-state index in [1.807, 2.05) is 4.90 Å². The quantitative estimate of drug-likeness (QED) is 0.158. The second kappa shape index (κ2) is 13.6. The van der Waals surface area contributed by atoms with Crippen LogP contribution in [0.15, 0.2) is 6.07 Å². The lowest BCUT2D eigenvalue weighted by Crippen LogP contribution is -2.58. The SMILES string of the molecule is CC(CF)NCc1cc(N(C)C)c2c(c1O)C(=O)CC(C[C@@H](C(CO)N(C)C)[C@](O)(CO)C(=O)CC(N)=O)C2. The van der Waals surface area contributed by atoms with Crippen LogP contribution in [-0.4, -0.2) is 109 Å². The molecule has 11 nitrogen and oxygen atoms in total. The van der Waals surface area contributed by atoms with Crippen molar-refractivity contribution in [2.75, 3.05) is 53.0 Å². The maximum Gasteiger partial charge on any atom is 0.224 e. The third-order valence-corrected chi connectivity index (χ3v) is 7.64. The zero-order valence-corrected chi connectivity index (χ0v) is 23.4. The van der Waals surface area contributed by atoms with E-state index < -0.39 is 67.5 Å². The number of hydrogen-bond acceptors (Lipinski definition) is 10. The third-order valence-electron chi connectivity index (χ3n) is 7.64. The van der Waals surface area contributed by atoms with Crippen molar-refractivity contribution in [2.24, 2.45) is 17.6 Å². The number of nitrogens with one attached hydrogen (secondary N) is 1. The second-order valence-corrected chi connectivity index (χ2v) is 11.0. The van der Waals surface area contributed by atoms with Gasteiger partial charge in [0.2, 0.25) is 5.91 Å². The van der Waals surface area contributed by atoms with Crippen LogP contribution >= 0.6 is 0 Å². The lowest BCUT2D eigenvalue weighted by Gasteiger charge is -2.42. The molecule has 0 spiro atoms. The van der Waals surface area contributed by atoms with E-state index in [9.17, 15) is 39.2 Å². The van der Waals surface area contributed by atoms with Crippen molar-refractivity contribution in [3.63, 3.8) is 0 Å². The van der Waals surface area contributed by atoms with Crippen molar-refractivity contribution < 1.29 is 39.2 Å². The molecule has 1 amide bonds. The summed E-state index contributed by atoms with van der Waals surface area (Å²) >= 11 is 0. The van der Waals surface area contributed by atoms with Crippen LogP contribution in [0.3, 0.4) is 0 Å². The first-order chi connectivity index (χ1) is 18.2. The van der Waals surface area contributed by atoms with Gasteiger partial charge in [0.05, 0.1) is 25.2 Å². The van der Waals surface area contributed by atoms with Crippen molar-refractivity contribution in [3.05, 3.63) is 22.8 Å². The summed E-state index contributed by atoms with van der Waals surface area (Å²) in [6.45, 7) is -0.209. The number of aliphatic hydroxyl groups excluding tert-OH is 2. The molecular weight excluding hydrogens is 511 g/mol. The number of aliphatic hydroxyl groups is 3. The average Bonchev–Trinajstić information content (AvgIpc) is 2.86. The van der Waals surface area contributed by atoms with Crippen LogP contribution in [0, 0.1) is 11.8 Å². The topological polar surface area (TPSA) is 177 Å². The fourth-order valence-electron chi connectivity index (χ4n) is 5.43. The van der Waals surface area contributed by atoms with Crippen LogP contribution in [-0.2, 0) is 22.6 Å². The fraction of sp³-hybridized carbons (Fsp3) is 0.667. The van der Waals surface area contributed by atoms with E-state index in [1.54, 1.807) is 46.1 Å². The van der Waals surface area contributed by atoms with E-state index in [0.717, 1.165) is 0 Å². The molecule has 3 unspecified atom stereocenters. The number of halogens is 1. The monoisotopic (exact) mass is 554 g/mol. The predicted octanol–water partition coefficient (Wildman–Crippen LogP) is -0.252. The lowest BCUT2D eigenvalue weighted by molar-refractivity contribution is -0.157. The third kappa shape index (κ3) is 7.31. The van der Waals surface area contributed by atoms with Gasteiger partial charge in [0.15, 0.2) is 17.2 Å².